The molecule has 1 N–H and O–H groups in total. The van der Waals surface area contributed by atoms with Crippen LogP contribution >= 0.6 is 0 Å². The molecule has 1 atom stereocenters. The first kappa shape index (κ1) is 22.7. The van der Waals surface area contributed by atoms with Crippen LogP contribution in [0.5, 0.6) is 11.5 Å². The Morgan fingerprint density at radius 3 is 2.42 bits per heavy atom. The van der Waals surface area contributed by atoms with Crippen molar-refractivity contribution in [2.75, 3.05) is 24.0 Å². The number of rotatable bonds is 7. The first-order valence-electron chi connectivity index (χ1n) is 10.7. The third-order valence-electron chi connectivity index (χ3n) is 5.56. The van der Waals surface area contributed by atoms with Gasteiger partial charge in [0.1, 0.15) is 19.3 Å². The molecule has 0 aliphatic carbocycles. The molecule has 33 heavy (non-hydrogen) atoms. The van der Waals surface area contributed by atoms with E-state index >= 15 is 0 Å². The van der Waals surface area contributed by atoms with Crippen LogP contribution in [0.25, 0.3) is 0 Å². The minimum atomic E-state index is -3.96. The van der Waals surface area contributed by atoms with Gasteiger partial charge in [-0.15, -0.1) is 0 Å². The lowest BCUT2D eigenvalue weighted by molar-refractivity contribution is -0.120. The second kappa shape index (κ2) is 9.54. The average Bonchev–Trinajstić information content (AvgIpc) is 2.83. The molecule has 4 rings (SSSR count). The Balaban J connectivity index is 1.52. The van der Waals surface area contributed by atoms with Crippen LogP contribution in [-0.2, 0) is 14.8 Å². The standard InChI is InChI=1S/C25H26N2O5S/c1-18-9-8-12-22(19(18)2)27(33(29,30)21-10-4-3-5-11-21)16-25(28)26-15-20-17-31-23-13-6-7-14-24(23)32-20/h3-14,20H,15-17H2,1-2H3,(H,26,28). The summed E-state index contributed by atoms with van der Waals surface area (Å²) in [4.78, 5) is 13.0. The fourth-order valence-corrected chi connectivity index (χ4v) is 5.10. The van der Waals surface area contributed by atoms with E-state index in [1.54, 1.807) is 36.4 Å². The van der Waals surface area contributed by atoms with Crippen molar-refractivity contribution >= 4 is 21.6 Å². The molecule has 1 amide bonds. The highest BCUT2D eigenvalue weighted by atomic mass is 32.2. The van der Waals surface area contributed by atoms with Crippen molar-refractivity contribution in [2.45, 2.75) is 24.8 Å². The van der Waals surface area contributed by atoms with E-state index in [1.165, 1.54) is 12.1 Å². The molecule has 1 unspecified atom stereocenters. The number of carbonyl (C=O) groups is 1. The molecule has 1 heterocycles. The number of nitrogens with one attached hydrogen (secondary N) is 1. The van der Waals surface area contributed by atoms with Gasteiger partial charge in [0.15, 0.2) is 11.5 Å². The van der Waals surface area contributed by atoms with Gasteiger partial charge in [-0.3, -0.25) is 9.10 Å². The third-order valence-corrected chi connectivity index (χ3v) is 7.33. The molecule has 1 aliphatic rings. The molecule has 0 spiro atoms. The molecule has 3 aromatic carbocycles. The van der Waals surface area contributed by atoms with Gasteiger partial charge < -0.3 is 14.8 Å². The van der Waals surface area contributed by atoms with Gasteiger partial charge in [-0.1, -0.05) is 42.5 Å². The van der Waals surface area contributed by atoms with E-state index in [9.17, 15) is 13.2 Å². The summed E-state index contributed by atoms with van der Waals surface area (Å²) in [5, 5.41) is 2.79. The lowest BCUT2D eigenvalue weighted by Crippen LogP contribution is -2.45. The predicted octanol–water partition coefficient (Wildman–Crippen LogP) is 3.45. The Bertz CT molecular complexity index is 1240. The highest BCUT2D eigenvalue weighted by Crippen LogP contribution is 2.31. The first-order chi connectivity index (χ1) is 15.9. The summed E-state index contributed by atoms with van der Waals surface area (Å²) in [6, 6.07) is 20.9. The van der Waals surface area contributed by atoms with Crippen LogP contribution in [0.4, 0.5) is 5.69 Å². The van der Waals surface area contributed by atoms with Gasteiger partial charge in [0.05, 0.1) is 17.1 Å². The molecule has 172 valence electrons. The van der Waals surface area contributed by atoms with Crippen molar-refractivity contribution in [3.63, 3.8) is 0 Å². The predicted molar refractivity (Wildman–Crippen MR) is 126 cm³/mol. The van der Waals surface area contributed by atoms with Crippen LogP contribution in [0.15, 0.2) is 77.7 Å². The molecule has 1 aliphatic heterocycles. The van der Waals surface area contributed by atoms with Gasteiger partial charge in [-0.05, 0) is 55.3 Å². The van der Waals surface area contributed by atoms with Crippen molar-refractivity contribution in [3.05, 3.63) is 83.9 Å². The zero-order valence-corrected chi connectivity index (χ0v) is 19.3. The molecule has 0 aromatic heterocycles. The monoisotopic (exact) mass is 466 g/mol. The van der Waals surface area contributed by atoms with E-state index in [4.69, 9.17) is 9.47 Å². The minimum absolute atomic E-state index is 0.124. The Kier molecular flexibility index (Phi) is 6.55. The summed E-state index contributed by atoms with van der Waals surface area (Å²) in [6.45, 7) is 3.89. The molecular formula is C25H26N2O5S. The second-order valence-electron chi connectivity index (χ2n) is 7.85. The Labute approximate surface area is 194 Å². The second-order valence-corrected chi connectivity index (χ2v) is 9.71. The molecule has 0 bridgehead atoms. The number of nitrogens with zero attached hydrogens (tertiary/aromatic N) is 1. The summed E-state index contributed by atoms with van der Waals surface area (Å²) in [7, 11) is -3.96. The number of ether oxygens (including phenoxy) is 2. The van der Waals surface area contributed by atoms with Crippen molar-refractivity contribution in [1.82, 2.24) is 5.32 Å². The lowest BCUT2D eigenvalue weighted by atomic mass is 10.1. The molecule has 0 fully saturated rings. The van der Waals surface area contributed by atoms with E-state index in [0.717, 1.165) is 15.4 Å². The smallest absolute Gasteiger partial charge is 0.264 e. The molecular weight excluding hydrogens is 440 g/mol. The van der Waals surface area contributed by atoms with Crippen LogP contribution in [-0.4, -0.2) is 40.1 Å². The Morgan fingerprint density at radius 2 is 1.67 bits per heavy atom. The summed E-state index contributed by atoms with van der Waals surface area (Å²) in [5.41, 5.74) is 2.21. The van der Waals surface area contributed by atoms with Gasteiger partial charge in [-0.25, -0.2) is 8.42 Å². The summed E-state index contributed by atoms with van der Waals surface area (Å²) < 4.78 is 39.7. The Morgan fingerprint density at radius 1 is 0.970 bits per heavy atom. The van der Waals surface area contributed by atoms with Crippen LogP contribution in [0.3, 0.4) is 0 Å². The fourth-order valence-electron chi connectivity index (χ4n) is 3.60. The van der Waals surface area contributed by atoms with Crippen molar-refractivity contribution in [2.24, 2.45) is 0 Å². The van der Waals surface area contributed by atoms with Crippen LogP contribution in [0.2, 0.25) is 0 Å². The van der Waals surface area contributed by atoms with Crippen molar-refractivity contribution in [3.8, 4) is 11.5 Å². The first-order valence-corrected chi connectivity index (χ1v) is 12.1. The van der Waals surface area contributed by atoms with Crippen LogP contribution in [0, 0.1) is 13.8 Å². The van der Waals surface area contributed by atoms with E-state index in [0.29, 0.717) is 23.8 Å². The largest absolute Gasteiger partial charge is 0.486 e. The van der Waals surface area contributed by atoms with E-state index < -0.39 is 15.9 Å². The zero-order valence-electron chi connectivity index (χ0n) is 18.5. The topological polar surface area (TPSA) is 84.9 Å². The van der Waals surface area contributed by atoms with E-state index in [2.05, 4.69) is 5.32 Å². The average molecular weight is 467 g/mol. The SMILES string of the molecule is Cc1cccc(N(CC(=O)NCC2COc3ccccc3O2)S(=O)(=O)c2ccccc2)c1C. The Hall–Kier alpha value is -3.52. The third kappa shape index (κ3) is 4.96. The molecule has 7 nitrogen and oxygen atoms in total. The number of amides is 1. The molecule has 0 saturated heterocycles. The maximum absolute atomic E-state index is 13.5. The summed E-state index contributed by atoms with van der Waals surface area (Å²) >= 11 is 0. The van der Waals surface area contributed by atoms with E-state index in [1.807, 2.05) is 38.1 Å². The summed E-state index contributed by atoms with van der Waals surface area (Å²) in [6.07, 6.45) is -0.372. The number of anilines is 1. The summed E-state index contributed by atoms with van der Waals surface area (Å²) in [5.74, 6) is 0.847. The molecule has 0 radical (unpaired) electrons. The van der Waals surface area contributed by atoms with Gasteiger partial charge in [-0.2, -0.15) is 0 Å². The van der Waals surface area contributed by atoms with Gasteiger partial charge >= 0.3 is 0 Å². The number of carbonyl (C=O) groups excluding carboxylic acids is 1. The van der Waals surface area contributed by atoms with Crippen LogP contribution in [0.1, 0.15) is 11.1 Å². The van der Waals surface area contributed by atoms with E-state index in [-0.39, 0.29) is 24.1 Å². The maximum atomic E-state index is 13.5. The number of fused-ring (bicyclic) bond motifs is 1. The van der Waals surface area contributed by atoms with Crippen molar-refractivity contribution in [1.29, 1.82) is 0 Å². The van der Waals surface area contributed by atoms with Gasteiger partial charge in [0.25, 0.3) is 10.0 Å². The zero-order chi connectivity index (χ0) is 23.4. The minimum Gasteiger partial charge on any atom is -0.486 e. The van der Waals surface area contributed by atoms with Crippen LogP contribution < -0.4 is 19.1 Å². The lowest BCUT2D eigenvalue weighted by Gasteiger charge is -2.28. The maximum Gasteiger partial charge on any atom is 0.264 e. The number of hydrogen-bond acceptors (Lipinski definition) is 5. The number of sulfonamides is 1. The number of hydrogen-bond donors (Lipinski definition) is 1. The van der Waals surface area contributed by atoms with Gasteiger partial charge in [0.2, 0.25) is 5.91 Å². The van der Waals surface area contributed by atoms with Gasteiger partial charge in [0, 0.05) is 0 Å². The normalized spacial score (nSPS) is 15.0. The van der Waals surface area contributed by atoms with Crippen molar-refractivity contribution < 1.29 is 22.7 Å². The molecule has 8 heteroatoms. The molecule has 3 aromatic rings. The molecule has 0 saturated carbocycles. The number of aryl methyl sites for hydroxylation is 1. The highest BCUT2D eigenvalue weighted by molar-refractivity contribution is 7.92. The quantitative estimate of drug-likeness (QED) is 0.577. The fraction of sp³-hybridized carbons (Fsp3) is 0.240. The highest BCUT2D eigenvalue weighted by Gasteiger charge is 2.29. The number of benzene rings is 3. The number of para-hydroxylation sites is 2.